The van der Waals surface area contributed by atoms with Crippen LogP contribution < -0.4 is 0 Å². The summed E-state index contributed by atoms with van der Waals surface area (Å²) in [6.45, 7) is 16.1. The Balaban J connectivity index is 0.000000679. The van der Waals surface area contributed by atoms with Gasteiger partial charge in [-0.25, -0.2) is 6.07 Å². The molecule has 32 heavy (non-hydrogen) atoms. The molecule has 2 rings (SSSR count). The van der Waals surface area contributed by atoms with Crippen LogP contribution in [-0.4, -0.2) is 0 Å². The van der Waals surface area contributed by atoms with E-state index in [2.05, 4.69) is 66.7 Å². The largest absolute Gasteiger partial charge is 2.00 e. The van der Waals surface area contributed by atoms with Gasteiger partial charge in [-0.15, -0.1) is 0 Å². The van der Waals surface area contributed by atoms with E-state index < -0.39 is 0 Å². The summed E-state index contributed by atoms with van der Waals surface area (Å²) in [4.78, 5) is 0. The van der Waals surface area contributed by atoms with E-state index in [1.807, 2.05) is 0 Å². The van der Waals surface area contributed by atoms with Crippen LogP contribution in [0.2, 0.25) is 0 Å². The molecule has 0 spiro atoms. The van der Waals surface area contributed by atoms with Crippen molar-refractivity contribution < 1.29 is 17.1 Å². The number of hydrogen-bond donors (Lipinski definition) is 0. The van der Waals surface area contributed by atoms with Crippen LogP contribution in [-0.2, 0) is 62.0 Å². The Labute approximate surface area is 212 Å². The molecule has 0 bridgehead atoms. The zero-order valence-electron chi connectivity index (χ0n) is 22.5. The van der Waals surface area contributed by atoms with Crippen LogP contribution in [0.15, 0.2) is 18.2 Å². The molecule has 0 aliphatic heterocycles. The van der Waals surface area contributed by atoms with Gasteiger partial charge < -0.3 is 0 Å². The van der Waals surface area contributed by atoms with Gasteiger partial charge in [0.05, 0.1) is 0 Å². The van der Waals surface area contributed by atoms with Crippen molar-refractivity contribution in [3.05, 3.63) is 57.1 Å². The van der Waals surface area contributed by atoms with Gasteiger partial charge >= 0.3 is 17.1 Å². The Morgan fingerprint density at radius 3 is 1.47 bits per heavy atom. The van der Waals surface area contributed by atoms with E-state index in [-0.39, 0.29) is 17.1 Å². The van der Waals surface area contributed by atoms with Crippen LogP contribution in [0.1, 0.15) is 132 Å². The summed E-state index contributed by atoms with van der Waals surface area (Å²) in [6, 6.07) is 6.69. The van der Waals surface area contributed by atoms with Gasteiger partial charge in [0, 0.05) is 0 Å². The third kappa shape index (κ3) is 9.23. The van der Waals surface area contributed by atoms with E-state index in [1.54, 1.807) is 38.9 Å². The molecule has 184 valence electrons. The second kappa shape index (κ2) is 18.6. The topological polar surface area (TPSA) is 0 Å². The maximum absolute atomic E-state index is 2.33. The molecule has 0 radical (unpaired) electrons. The molecule has 2 aromatic rings. The van der Waals surface area contributed by atoms with E-state index in [1.165, 1.54) is 89.9 Å². The van der Waals surface area contributed by atoms with E-state index >= 15 is 0 Å². The Morgan fingerprint density at radius 1 is 0.594 bits per heavy atom. The predicted octanol–water partition coefficient (Wildman–Crippen LogP) is 9.48. The maximum atomic E-state index is 2.33. The zero-order valence-corrected chi connectivity index (χ0v) is 23.6. The van der Waals surface area contributed by atoms with Crippen LogP contribution in [0, 0.1) is 0 Å². The fourth-order valence-electron chi connectivity index (χ4n) is 5.19. The van der Waals surface area contributed by atoms with E-state index in [0.29, 0.717) is 0 Å². The average Bonchev–Trinajstić information content (AvgIpc) is 3.29. The van der Waals surface area contributed by atoms with E-state index in [4.69, 9.17) is 0 Å². The van der Waals surface area contributed by atoms with Crippen LogP contribution in [0.5, 0.6) is 0 Å². The molecule has 0 aliphatic rings. The molecule has 0 saturated carbocycles. The molecule has 0 saturated heterocycles. The van der Waals surface area contributed by atoms with Crippen molar-refractivity contribution >= 4 is 0 Å². The quantitative estimate of drug-likeness (QED) is 0.187. The number of hydrogen-bond acceptors (Lipinski definition) is 0. The third-order valence-electron chi connectivity index (χ3n) is 6.37. The van der Waals surface area contributed by atoms with Gasteiger partial charge in [0.2, 0.25) is 0 Å². The Morgan fingerprint density at radius 2 is 1.06 bits per heavy atom. The van der Waals surface area contributed by atoms with Gasteiger partial charge in [-0.2, -0.15) is 51.1 Å². The van der Waals surface area contributed by atoms with Gasteiger partial charge in [0.25, 0.3) is 0 Å². The SMILES string of the molecule is CCCc1c(CCC)c(CCC)[c-](CCC)c1CCC.CCCc1cc[cH-]c1CCC.[Fe+2]. The van der Waals surface area contributed by atoms with E-state index in [0.717, 1.165) is 0 Å². The molecule has 0 unspecified atom stereocenters. The Kier molecular flexibility index (Phi) is 18.2. The summed E-state index contributed by atoms with van der Waals surface area (Å²) in [6.07, 6.45) is 17.9. The van der Waals surface area contributed by atoms with Gasteiger partial charge in [0.15, 0.2) is 0 Å². The molecule has 0 aromatic heterocycles. The minimum Gasteiger partial charge on any atom is -0.210 e. The van der Waals surface area contributed by atoms with E-state index in [9.17, 15) is 0 Å². The monoisotopic (exact) mass is 480 g/mol. The van der Waals surface area contributed by atoms with Crippen LogP contribution in [0.25, 0.3) is 0 Å². The minimum absolute atomic E-state index is 0. The minimum atomic E-state index is 0. The normalized spacial score (nSPS) is 10.6. The maximum Gasteiger partial charge on any atom is 2.00 e. The number of rotatable bonds is 14. The second-order valence-corrected chi connectivity index (χ2v) is 9.22. The first-order valence-electron chi connectivity index (χ1n) is 13.7. The molecule has 1 heteroatoms. The first kappa shape index (κ1) is 31.2. The molecule has 0 aliphatic carbocycles. The molecule has 0 atom stereocenters. The average molecular weight is 481 g/mol. The molecule has 0 amide bonds. The first-order valence-corrected chi connectivity index (χ1v) is 13.7. The Hall–Kier alpha value is -0.781. The summed E-state index contributed by atoms with van der Waals surface area (Å²) in [5.41, 5.74) is 11.9. The van der Waals surface area contributed by atoms with Gasteiger partial charge in [-0.3, -0.25) is 0 Å². The predicted molar refractivity (Wildman–Crippen MR) is 142 cm³/mol. The van der Waals surface area contributed by atoms with Crippen LogP contribution >= 0.6 is 0 Å². The van der Waals surface area contributed by atoms with Crippen molar-refractivity contribution in [3.63, 3.8) is 0 Å². The van der Waals surface area contributed by atoms with Gasteiger partial charge in [-0.05, 0) is 0 Å². The smallest absolute Gasteiger partial charge is 0.210 e. The molecular weight excluding hydrogens is 428 g/mol. The fraction of sp³-hybridized carbons (Fsp3) is 0.677. The summed E-state index contributed by atoms with van der Waals surface area (Å²) in [7, 11) is 0. The zero-order chi connectivity index (χ0) is 23.1. The molecule has 0 heterocycles. The van der Waals surface area contributed by atoms with Crippen molar-refractivity contribution in [1.29, 1.82) is 0 Å². The summed E-state index contributed by atoms with van der Waals surface area (Å²) < 4.78 is 0. The number of aryl methyl sites for hydroxylation is 2. The fourth-order valence-corrected chi connectivity index (χ4v) is 5.19. The van der Waals surface area contributed by atoms with Gasteiger partial charge in [0.1, 0.15) is 0 Å². The molecule has 0 N–H and O–H groups in total. The standard InChI is InChI=1S/C20H35.C11H17.Fe/c1-6-11-16-17(12-7-2)19(14-9-4)20(15-10-5)18(16)13-8-3;1-3-6-10-8-5-9-11(10)7-4-2;/h6-15H2,1-5H3;5,8-9H,3-4,6-7H2,1-2H3;/q2*-1;+2. The van der Waals surface area contributed by atoms with Crippen molar-refractivity contribution in [2.45, 2.75) is 138 Å². The Bertz CT molecular complexity index is 576. The van der Waals surface area contributed by atoms with Crippen LogP contribution in [0.4, 0.5) is 0 Å². The van der Waals surface area contributed by atoms with Gasteiger partial charge in [-0.1, -0.05) is 138 Å². The van der Waals surface area contributed by atoms with Crippen molar-refractivity contribution in [1.82, 2.24) is 0 Å². The summed E-state index contributed by atoms with van der Waals surface area (Å²) in [5.74, 6) is 0. The summed E-state index contributed by atoms with van der Waals surface area (Å²) >= 11 is 0. The molecule has 2 aromatic carbocycles. The molecular formula is C31H52Fe. The molecule has 0 nitrogen and oxygen atoms in total. The second-order valence-electron chi connectivity index (χ2n) is 9.22. The van der Waals surface area contributed by atoms with Crippen molar-refractivity contribution in [2.24, 2.45) is 0 Å². The first-order chi connectivity index (χ1) is 15.1. The van der Waals surface area contributed by atoms with Crippen LogP contribution in [0.3, 0.4) is 0 Å². The summed E-state index contributed by atoms with van der Waals surface area (Å²) in [5, 5.41) is 0. The van der Waals surface area contributed by atoms with Crippen molar-refractivity contribution in [2.75, 3.05) is 0 Å². The van der Waals surface area contributed by atoms with Crippen molar-refractivity contribution in [3.8, 4) is 0 Å². The third-order valence-corrected chi connectivity index (χ3v) is 6.37. The molecule has 0 fully saturated rings.